The van der Waals surface area contributed by atoms with Crippen molar-refractivity contribution in [2.75, 3.05) is 36.4 Å². The summed E-state index contributed by atoms with van der Waals surface area (Å²) in [5, 5.41) is 22.6. The van der Waals surface area contributed by atoms with Gasteiger partial charge in [0.25, 0.3) is 5.69 Å². The molecule has 4 rings (SSSR count). The molecule has 2 aromatic carbocycles. The van der Waals surface area contributed by atoms with Gasteiger partial charge in [-0.1, -0.05) is 24.3 Å². The van der Waals surface area contributed by atoms with E-state index >= 15 is 0 Å². The van der Waals surface area contributed by atoms with Crippen molar-refractivity contribution in [3.63, 3.8) is 0 Å². The number of nitrogens with zero attached hydrogens (tertiary/aromatic N) is 5. The van der Waals surface area contributed by atoms with Crippen LogP contribution in [0.5, 0.6) is 0 Å². The molecule has 3 aromatic rings. The van der Waals surface area contributed by atoms with Crippen molar-refractivity contribution < 1.29 is 13.3 Å². The summed E-state index contributed by atoms with van der Waals surface area (Å²) in [4.78, 5) is 12.2. The maximum Gasteiger partial charge on any atom is 0.270 e. The van der Waals surface area contributed by atoms with Gasteiger partial charge in [-0.3, -0.25) is 10.1 Å². The van der Waals surface area contributed by atoms with Crippen molar-refractivity contribution in [3.8, 4) is 0 Å². The molecule has 1 fully saturated rings. The topological polar surface area (TPSA) is 122 Å². The zero-order valence-electron chi connectivity index (χ0n) is 16.5. The molecule has 1 aliphatic rings. The fourth-order valence-electron chi connectivity index (χ4n) is 3.29. The summed E-state index contributed by atoms with van der Waals surface area (Å²) in [5.41, 5.74) is 0.656. The molecule has 0 spiro atoms. The summed E-state index contributed by atoms with van der Waals surface area (Å²) >= 11 is 0. The Kier molecular flexibility index (Phi) is 5.78. The Labute approximate surface area is 179 Å². The van der Waals surface area contributed by atoms with Crippen molar-refractivity contribution in [3.05, 3.63) is 76.8 Å². The molecule has 10 nitrogen and oxygen atoms in total. The minimum atomic E-state index is -3.81. The number of hydrogen-bond acceptors (Lipinski definition) is 8. The maximum atomic E-state index is 12.9. The molecule has 31 heavy (non-hydrogen) atoms. The third-order valence-electron chi connectivity index (χ3n) is 4.93. The monoisotopic (exact) mass is 440 g/mol. The van der Waals surface area contributed by atoms with Gasteiger partial charge < -0.3 is 10.2 Å². The number of aromatic nitrogens is 2. The Balaban J connectivity index is 1.40. The van der Waals surface area contributed by atoms with E-state index in [0.717, 1.165) is 11.8 Å². The highest BCUT2D eigenvalue weighted by molar-refractivity contribution is 7.89. The SMILES string of the molecule is O=[N+]([O-])c1cccc(S(=O)(=O)N2CCN(c3ccc(Nc4ccccc4)nn3)CC2)c1. The average molecular weight is 440 g/mol. The first-order valence-electron chi connectivity index (χ1n) is 9.59. The Bertz CT molecular complexity index is 1160. The van der Waals surface area contributed by atoms with E-state index in [1.807, 2.05) is 47.4 Å². The quantitative estimate of drug-likeness (QED) is 0.459. The van der Waals surface area contributed by atoms with Gasteiger partial charge in [0.1, 0.15) is 0 Å². The van der Waals surface area contributed by atoms with Gasteiger partial charge in [-0.05, 0) is 30.3 Å². The van der Waals surface area contributed by atoms with Crippen LogP contribution in [0.1, 0.15) is 0 Å². The summed E-state index contributed by atoms with van der Waals surface area (Å²) < 4.78 is 27.1. The summed E-state index contributed by atoms with van der Waals surface area (Å²) in [6, 6.07) is 18.4. The molecule has 0 unspecified atom stereocenters. The molecule has 0 radical (unpaired) electrons. The van der Waals surface area contributed by atoms with Crippen LogP contribution in [-0.4, -0.2) is 54.0 Å². The lowest BCUT2D eigenvalue weighted by molar-refractivity contribution is -0.385. The second kappa shape index (κ2) is 8.66. The molecule has 1 aliphatic heterocycles. The maximum absolute atomic E-state index is 12.9. The first-order valence-corrected chi connectivity index (χ1v) is 11.0. The highest BCUT2D eigenvalue weighted by Crippen LogP contribution is 2.23. The van der Waals surface area contributed by atoms with E-state index in [1.54, 1.807) is 0 Å². The van der Waals surface area contributed by atoms with Gasteiger partial charge in [0.2, 0.25) is 10.0 Å². The lowest BCUT2D eigenvalue weighted by Crippen LogP contribution is -2.49. The van der Waals surface area contributed by atoms with Crippen LogP contribution in [-0.2, 0) is 10.0 Å². The van der Waals surface area contributed by atoms with Crippen LogP contribution in [0.3, 0.4) is 0 Å². The molecule has 2 heterocycles. The van der Waals surface area contributed by atoms with Gasteiger partial charge in [0.15, 0.2) is 11.6 Å². The highest BCUT2D eigenvalue weighted by Gasteiger charge is 2.30. The summed E-state index contributed by atoms with van der Waals surface area (Å²) in [5.74, 6) is 1.27. The van der Waals surface area contributed by atoms with Crippen LogP contribution in [0, 0.1) is 10.1 Å². The van der Waals surface area contributed by atoms with Crippen LogP contribution in [0.2, 0.25) is 0 Å². The number of sulfonamides is 1. The van der Waals surface area contributed by atoms with Gasteiger partial charge in [0, 0.05) is 44.0 Å². The number of nitro groups is 1. The van der Waals surface area contributed by atoms with Gasteiger partial charge in [0.05, 0.1) is 9.82 Å². The molecule has 1 saturated heterocycles. The Morgan fingerprint density at radius 1 is 0.903 bits per heavy atom. The van der Waals surface area contributed by atoms with E-state index in [9.17, 15) is 18.5 Å². The van der Waals surface area contributed by atoms with E-state index in [1.165, 1.54) is 22.5 Å². The van der Waals surface area contributed by atoms with E-state index in [4.69, 9.17) is 0 Å². The summed E-state index contributed by atoms with van der Waals surface area (Å²) in [7, 11) is -3.81. The Morgan fingerprint density at radius 2 is 1.65 bits per heavy atom. The van der Waals surface area contributed by atoms with Crippen LogP contribution >= 0.6 is 0 Å². The molecular weight excluding hydrogens is 420 g/mol. The molecule has 0 bridgehead atoms. The summed E-state index contributed by atoms with van der Waals surface area (Å²) in [6.07, 6.45) is 0. The largest absolute Gasteiger partial charge is 0.352 e. The molecule has 1 aromatic heterocycles. The second-order valence-corrected chi connectivity index (χ2v) is 8.85. The Morgan fingerprint density at radius 3 is 2.29 bits per heavy atom. The number of benzene rings is 2. The number of hydrogen-bond donors (Lipinski definition) is 1. The number of para-hydroxylation sites is 1. The highest BCUT2D eigenvalue weighted by atomic mass is 32.2. The fraction of sp³-hybridized carbons (Fsp3) is 0.200. The molecule has 160 valence electrons. The van der Waals surface area contributed by atoms with Gasteiger partial charge in [-0.15, -0.1) is 10.2 Å². The van der Waals surface area contributed by atoms with Crippen molar-refractivity contribution in [1.82, 2.24) is 14.5 Å². The number of rotatable bonds is 6. The zero-order valence-corrected chi connectivity index (χ0v) is 17.3. The predicted octanol–water partition coefficient (Wildman–Crippen LogP) is 2.64. The van der Waals surface area contributed by atoms with Crippen molar-refractivity contribution in [1.29, 1.82) is 0 Å². The van der Waals surface area contributed by atoms with Crippen molar-refractivity contribution in [2.24, 2.45) is 0 Å². The molecule has 0 aliphatic carbocycles. The van der Waals surface area contributed by atoms with Crippen LogP contribution in [0.15, 0.2) is 71.6 Å². The van der Waals surface area contributed by atoms with Crippen molar-refractivity contribution in [2.45, 2.75) is 4.90 Å². The zero-order chi connectivity index (χ0) is 21.8. The lowest BCUT2D eigenvalue weighted by atomic mass is 10.3. The fourth-order valence-corrected chi connectivity index (χ4v) is 4.76. The van der Waals surface area contributed by atoms with Gasteiger partial charge in [-0.25, -0.2) is 8.42 Å². The molecule has 1 N–H and O–H groups in total. The Hall–Kier alpha value is -3.57. The number of anilines is 3. The minimum Gasteiger partial charge on any atom is -0.352 e. The van der Waals surface area contributed by atoms with Crippen LogP contribution in [0.25, 0.3) is 0 Å². The molecular formula is C20H20N6O4S. The van der Waals surface area contributed by atoms with Gasteiger partial charge in [-0.2, -0.15) is 4.31 Å². The van der Waals surface area contributed by atoms with Crippen LogP contribution < -0.4 is 10.2 Å². The van der Waals surface area contributed by atoms with Gasteiger partial charge >= 0.3 is 0 Å². The third kappa shape index (κ3) is 4.62. The number of non-ortho nitro benzene ring substituents is 1. The number of nitro benzene ring substituents is 1. The third-order valence-corrected chi connectivity index (χ3v) is 6.82. The predicted molar refractivity (Wildman–Crippen MR) is 116 cm³/mol. The minimum absolute atomic E-state index is 0.0775. The van der Waals surface area contributed by atoms with E-state index < -0.39 is 14.9 Å². The normalized spacial score (nSPS) is 14.9. The second-order valence-electron chi connectivity index (χ2n) is 6.91. The molecule has 0 atom stereocenters. The molecule has 11 heteroatoms. The summed E-state index contributed by atoms with van der Waals surface area (Å²) in [6.45, 7) is 1.37. The first-order chi connectivity index (χ1) is 14.9. The van der Waals surface area contributed by atoms with E-state index in [-0.39, 0.29) is 23.7 Å². The van der Waals surface area contributed by atoms with Crippen molar-refractivity contribution >= 4 is 33.0 Å². The smallest absolute Gasteiger partial charge is 0.270 e. The van der Waals surface area contributed by atoms with E-state index in [2.05, 4.69) is 15.5 Å². The molecule has 0 amide bonds. The van der Waals surface area contributed by atoms with Crippen LogP contribution in [0.4, 0.5) is 23.0 Å². The standard InChI is InChI=1S/C20H20N6O4S/c27-26(28)17-7-4-8-18(15-17)31(29,30)25-13-11-24(12-14-25)20-10-9-19(22-23-20)21-16-5-2-1-3-6-16/h1-10,15H,11-14H2,(H,21,22). The lowest BCUT2D eigenvalue weighted by Gasteiger charge is -2.34. The first kappa shape index (κ1) is 20.7. The average Bonchev–Trinajstić information content (AvgIpc) is 2.80. The van der Waals surface area contributed by atoms with E-state index in [0.29, 0.717) is 24.7 Å². The number of piperazine rings is 1. The number of nitrogens with one attached hydrogen (secondary N) is 1. The molecule has 0 saturated carbocycles.